The van der Waals surface area contributed by atoms with Crippen LogP contribution in [0.2, 0.25) is 0 Å². The van der Waals surface area contributed by atoms with Gasteiger partial charge in [0, 0.05) is 29.2 Å². The smallest absolute Gasteiger partial charge is 0.0526 e. The lowest BCUT2D eigenvalue weighted by Gasteiger charge is -2.27. The molecule has 0 saturated heterocycles. The number of rotatable bonds is 7. The molecule has 0 unspecified atom stereocenters. The molecule has 0 radical (unpaired) electrons. The summed E-state index contributed by atoms with van der Waals surface area (Å²) in [6.45, 7) is 6.39. The maximum absolute atomic E-state index is 3.55. The fourth-order valence-corrected chi connectivity index (χ4v) is 3.32. The highest BCUT2D eigenvalue weighted by Crippen LogP contribution is 2.35. The molecule has 1 aliphatic rings. The Morgan fingerprint density at radius 1 is 1.19 bits per heavy atom. The molecule has 0 atom stereocenters. The molecule has 3 heteroatoms. The van der Waals surface area contributed by atoms with Crippen LogP contribution in [-0.2, 0) is 13.1 Å². The molecule has 1 heterocycles. The van der Waals surface area contributed by atoms with Crippen molar-refractivity contribution in [2.45, 2.75) is 51.9 Å². The van der Waals surface area contributed by atoms with E-state index >= 15 is 0 Å². The van der Waals surface area contributed by atoms with Crippen molar-refractivity contribution in [3.05, 3.63) is 52.2 Å². The summed E-state index contributed by atoms with van der Waals surface area (Å²) in [5.74, 6) is 0. The minimum atomic E-state index is 0.518. The highest BCUT2D eigenvalue weighted by Gasteiger charge is 2.30. The summed E-state index contributed by atoms with van der Waals surface area (Å²) in [5.41, 5.74) is 2.82. The number of para-hydroxylation sites is 1. The van der Waals surface area contributed by atoms with Crippen LogP contribution in [0.25, 0.3) is 0 Å². The Balaban J connectivity index is 1.81. The van der Waals surface area contributed by atoms with Crippen LogP contribution in [-0.4, -0.2) is 12.1 Å². The van der Waals surface area contributed by atoms with Crippen LogP contribution in [0.15, 0.2) is 41.8 Å². The zero-order valence-electron chi connectivity index (χ0n) is 12.9. The van der Waals surface area contributed by atoms with Crippen LogP contribution in [0.3, 0.4) is 0 Å². The zero-order chi connectivity index (χ0) is 14.7. The van der Waals surface area contributed by atoms with Crippen molar-refractivity contribution in [2.24, 2.45) is 0 Å². The molecule has 0 spiro atoms. The average molecular weight is 300 g/mol. The van der Waals surface area contributed by atoms with Crippen LogP contribution < -0.4 is 10.2 Å². The minimum Gasteiger partial charge on any atom is -0.363 e. The molecular weight excluding hydrogens is 276 g/mol. The van der Waals surface area contributed by atoms with E-state index in [0.717, 1.165) is 19.1 Å². The summed E-state index contributed by atoms with van der Waals surface area (Å²) in [6.07, 6.45) is 2.66. The van der Waals surface area contributed by atoms with Gasteiger partial charge in [-0.3, -0.25) is 0 Å². The van der Waals surface area contributed by atoms with Gasteiger partial charge >= 0.3 is 0 Å². The largest absolute Gasteiger partial charge is 0.363 e. The lowest BCUT2D eigenvalue weighted by Crippen LogP contribution is -2.28. The molecule has 1 N–H and O–H groups in total. The predicted molar refractivity (Wildman–Crippen MR) is 91.9 cm³/mol. The first-order valence-electron chi connectivity index (χ1n) is 7.84. The number of nitrogens with zero attached hydrogens (tertiary/aromatic N) is 1. The van der Waals surface area contributed by atoms with Gasteiger partial charge in [-0.2, -0.15) is 0 Å². The minimum absolute atomic E-state index is 0.518. The Bertz CT molecular complexity index is 558. The molecule has 2 aromatic rings. The third-order valence-corrected chi connectivity index (χ3v) is 4.76. The van der Waals surface area contributed by atoms with Crippen LogP contribution >= 0.6 is 11.3 Å². The van der Waals surface area contributed by atoms with E-state index in [9.17, 15) is 0 Å². The van der Waals surface area contributed by atoms with Crippen molar-refractivity contribution < 1.29 is 0 Å². The summed E-state index contributed by atoms with van der Waals surface area (Å²) < 4.78 is 0. The second-order valence-electron chi connectivity index (χ2n) is 6.10. The molecule has 0 aliphatic heterocycles. The highest BCUT2D eigenvalue weighted by atomic mass is 32.1. The monoisotopic (exact) mass is 300 g/mol. The fourth-order valence-electron chi connectivity index (χ4n) is 2.62. The number of benzene rings is 1. The molecule has 21 heavy (non-hydrogen) atoms. The summed E-state index contributed by atoms with van der Waals surface area (Å²) in [6, 6.07) is 14.5. The molecule has 1 saturated carbocycles. The Labute approximate surface area is 131 Å². The van der Waals surface area contributed by atoms with Gasteiger partial charge in [0.05, 0.1) is 6.54 Å². The van der Waals surface area contributed by atoms with Crippen LogP contribution in [0.4, 0.5) is 5.69 Å². The van der Waals surface area contributed by atoms with E-state index in [0.29, 0.717) is 6.04 Å². The second kappa shape index (κ2) is 6.63. The van der Waals surface area contributed by atoms with Gasteiger partial charge in [-0.25, -0.2) is 0 Å². The zero-order valence-corrected chi connectivity index (χ0v) is 13.7. The van der Waals surface area contributed by atoms with E-state index in [1.807, 2.05) is 11.3 Å². The van der Waals surface area contributed by atoms with Crippen molar-refractivity contribution in [1.82, 2.24) is 5.32 Å². The summed E-state index contributed by atoms with van der Waals surface area (Å²) in [4.78, 5) is 4.05. The van der Waals surface area contributed by atoms with Crippen molar-refractivity contribution in [2.75, 3.05) is 4.90 Å². The van der Waals surface area contributed by atoms with Crippen molar-refractivity contribution in [1.29, 1.82) is 0 Å². The summed E-state index contributed by atoms with van der Waals surface area (Å²) >= 11 is 1.86. The van der Waals surface area contributed by atoms with Gasteiger partial charge in [0.25, 0.3) is 0 Å². The highest BCUT2D eigenvalue weighted by molar-refractivity contribution is 7.09. The number of hydrogen-bond donors (Lipinski definition) is 1. The van der Waals surface area contributed by atoms with E-state index < -0.39 is 0 Å². The molecule has 112 valence electrons. The predicted octanol–water partition coefficient (Wildman–Crippen LogP) is 4.42. The van der Waals surface area contributed by atoms with E-state index in [2.05, 4.69) is 65.8 Å². The number of nitrogens with one attached hydrogen (secondary N) is 1. The first-order chi connectivity index (χ1) is 10.2. The maximum atomic E-state index is 3.55. The molecule has 1 fully saturated rings. The van der Waals surface area contributed by atoms with Gasteiger partial charge in [-0.05, 0) is 35.9 Å². The third kappa shape index (κ3) is 3.86. The van der Waals surface area contributed by atoms with Crippen molar-refractivity contribution in [3.63, 3.8) is 0 Å². The molecule has 0 bridgehead atoms. The quantitative estimate of drug-likeness (QED) is 0.814. The molecule has 3 rings (SSSR count). The standard InChI is InChI=1S/C18H24N2S/c1-14(2)19-12-15-6-3-4-8-18(15)20(16-9-10-16)13-17-7-5-11-21-17/h3-8,11,14,16,19H,9-10,12-13H2,1-2H3. The Hall–Kier alpha value is -1.32. The lowest BCUT2D eigenvalue weighted by atomic mass is 10.1. The van der Waals surface area contributed by atoms with Crippen LogP contribution in [0, 0.1) is 0 Å². The third-order valence-electron chi connectivity index (χ3n) is 3.90. The Kier molecular flexibility index (Phi) is 4.61. The van der Waals surface area contributed by atoms with Gasteiger partial charge in [-0.1, -0.05) is 38.1 Å². The first kappa shape index (κ1) is 14.6. The first-order valence-corrected chi connectivity index (χ1v) is 8.72. The van der Waals surface area contributed by atoms with Gasteiger partial charge in [0.15, 0.2) is 0 Å². The molecular formula is C18H24N2S. The van der Waals surface area contributed by atoms with Crippen molar-refractivity contribution >= 4 is 17.0 Å². The number of hydrogen-bond acceptors (Lipinski definition) is 3. The van der Waals surface area contributed by atoms with E-state index in [-0.39, 0.29) is 0 Å². The summed E-state index contributed by atoms with van der Waals surface area (Å²) in [5, 5.41) is 5.72. The normalized spacial score (nSPS) is 14.6. The van der Waals surface area contributed by atoms with E-state index in [1.165, 1.54) is 29.0 Å². The van der Waals surface area contributed by atoms with Gasteiger partial charge in [0.2, 0.25) is 0 Å². The number of thiophene rings is 1. The van der Waals surface area contributed by atoms with Gasteiger partial charge < -0.3 is 10.2 Å². The van der Waals surface area contributed by atoms with E-state index in [1.54, 1.807) is 0 Å². The Morgan fingerprint density at radius 2 is 2.00 bits per heavy atom. The molecule has 1 aromatic heterocycles. The van der Waals surface area contributed by atoms with Gasteiger partial charge in [0.1, 0.15) is 0 Å². The average Bonchev–Trinajstić information content (AvgIpc) is 3.20. The lowest BCUT2D eigenvalue weighted by molar-refractivity contribution is 0.587. The fraction of sp³-hybridized carbons (Fsp3) is 0.444. The number of anilines is 1. The molecule has 1 aromatic carbocycles. The van der Waals surface area contributed by atoms with Crippen molar-refractivity contribution in [3.8, 4) is 0 Å². The maximum Gasteiger partial charge on any atom is 0.0526 e. The van der Waals surface area contributed by atoms with Crippen LogP contribution in [0.5, 0.6) is 0 Å². The second-order valence-corrected chi connectivity index (χ2v) is 7.13. The van der Waals surface area contributed by atoms with Gasteiger partial charge in [-0.15, -0.1) is 11.3 Å². The summed E-state index contributed by atoms with van der Waals surface area (Å²) in [7, 11) is 0. The topological polar surface area (TPSA) is 15.3 Å². The Morgan fingerprint density at radius 3 is 2.67 bits per heavy atom. The van der Waals surface area contributed by atoms with Crippen LogP contribution in [0.1, 0.15) is 37.1 Å². The molecule has 0 amide bonds. The molecule has 1 aliphatic carbocycles. The SMILES string of the molecule is CC(C)NCc1ccccc1N(Cc1cccs1)C1CC1. The van der Waals surface area contributed by atoms with E-state index in [4.69, 9.17) is 0 Å². The molecule has 2 nitrogen and oxygen atoms in total.